The summed E-state index contributed by atoms with van der Waals surface area (Å²) in [7, 11) is 0. The molecule has 1 fully saturated rings. The SMILES string of the molecule is CC(N)c1ccc2c(c1)ncn2-c1cccc(-c2ccccc2N2CCNCC2)c1. The molecule has 0 saturated carbocycles. The first kappa shape index (κ1) is 18.9. The third-order valence-electron chi connectivity index (χ3n) is 5.89. The number of para-hydroxylation sites is 1. The van der Waals surface area contributed by atoms with E-state index in [4.69, 9.17) is 5.73 Å². The molecule has 0 aliphatic carbocycles. The Morgan fingerprint density at radius 3 is 2.63 bits per heavy atom. The van der Waals surface area contributed by atoms with Gasteiger partial charge in [0, 0.05) is 49.2 Å². The third-order valence-corrected chi connectivity index (χ3v) is 5.89. The third kappa shape index (κ3) is 3.47. The number of nitrogens with one attached hydrogen (secondary N) is 1. The highest BCUT2D eigenvalue weighted by Crippen LogP contribution is 2.32. The maximum absolute atomic E-state index is 6.04. The van der Waals surface area contributed by atoms with Crippen molar-refractivity contribution in [3.05, 3.63) is 78.6 Å². The average Bonchev–Trinajstić information content (AvgIpc) is 3.23. The summed E-state index contributed by atoms with van der Waals surface area (Å²) in [5.41, 5.74) is 14.1. The first-order valence-electron chi connectivity index (χ1n) is 10.6. The van der Waals surface area contributed by atoms with E-state index < -0.39 is 0 Å². The van der Waals surface area contributed by atoms with Gasteiger partial charge < -0.3 is 16.0 Å². The summed E-state index contributed by atoms with van der Waals surface area (Å²) in [5, 5.41) is 3.44. The van der Waals surface area contributed by atoms with Gasteiger partial charge in [0.05, 0.1) is 11.0 Å². The van der Waals surface area contributed by atoms with Gasteiger partial charge >= 0.3 is 0 Å². The first-order chi connectivity index (χ1) is 14.7. The zero-order valence-electron chi connectivity index (χ0n) is 17.3. The Hall–Kier alpha value is -3.15. The number of fused-ring (bicyclic) bond motifs is 1. The molecule has 1 aliphatic rings. The minimum Gasteiger partial charge on any atom is -0.368 e. The Morgan fingerprint density at radius 2 is 1.80 bits per heavy atom. The van der Waals surface area contributed by atoms with Gasteiger partial charge in [0.25, 0.3) is 0 Å². The molecular weight excluding hydrogens is 370 g/mol. The Bertz CT molecular complexity index is 1170. The summed E-state index contributed by atoms with van der Waals surface area (Å²) < 4.78 is 2.15. The maximum atomic E-state index is 6.04. The molecule has 3 N–H and O–H groups in total. The summed E-state index contributed by atoms with van der Waals surface area (Å²) in [4.78, 5) is 7.10. The van der Waals surface area contributed by atoms with Crippen LogP contribution in [-0.2, 0) is 0 Å². The van der Waals surface area contributed by atoms with Crippen LogP contribution in [0.4, 0.5) is 5.69 Å². The fourth-order valence-corrected chi connectivity index (χ4v) is 4.24. The molecule has 30 heavy (non-hydrogen) atoms. The number of aromatic nitrogens is 2. The first-order valence-corrected chi connectivity index (χ1v) is 10.6. The molecule has 3 aromatic carbocycles. The largest absolute Gasteiger partial charge is 0.368 e. The zero-order chi connectivity index (χ0) is 20.5. The predicted octanol–water partition coefficient (Wildman–Crippen LogP) is 4.12. The smallest absolute Gasteiger partial charge is 0.100 e. The number of anilines is 1. The van der Waals surface area contributed by atoms with Gasteiger partial charge in [-0.25, -0.2) is 4.98 Å². The number of imidazole rings is 1. The van der Waals surface area contributed by atoms with Gasteiger partial charge in [-0.2, -0.15) is 0 Å². The van der Waals surface area contributed by atoms with E-state index >= 15 is 0 Å². The molecule has 0 amide bonds. The second kappa shape index (κ2) is 7.94. The molecule has 2 heterocycles. The number of nitrogens with zero attached hydrogens (tertiary/aromatic N) is 3. The standard InChI is InChI=1S/C25H27N5/c1-18(26)19-9-10-25-23(16-19)28-17-30(25)21-6-4-5-20(15-21)22-7-2-3-8-24(22)29-13-11-27-12-14-29/h2-10,15-18,27H,11-14,26H2,1H3. The van der Waals surface area contributed by atoms with Crippen LogP contribution in [0.15, 0.2) is 73.1 Å². The lowest BCUT2D eigenvalue weighted by atomic mass is 10.0. The second-order valence-electron chi connectivity index (χ2n) is 7.96. The number of rotatable bonds is 4. The Morgan fingerprint density at radius 1 is 0.967 bits per heavy atom. The molecule has 1 aromatic heterocycles. The summed E-state index contributed by atoms with van der Waals surface area (Å²) in [6, 6.07) is 23.7. The van der Waals surface area contributed by atoms with E-state index in [2.05, 4.69) is 86.5 Å². The van der Waals surface area contributed by atoms with Crippen LogP contribution in [0.25, 0.3) is 27.8 Å². The van der Waals surface area contributed by atoms with Crippen LogP contribution in [-0.4, -0.2) is 35.7 Å². The Labute approximate surface area is 177 Å². The highest BCUT2D eigenvalue weighted by molar-refractivity contribution is 5.82. The van der Waals surface area contributed by atoms with Crippen molar-refractivity contribution in [1.29, 1.82) is 0 Å². The highest BCUT2D eigenvalue weighted by atomic mass is 15.2. The Balaban J connectivity index is 1.55. The lowest BCUT2D eigenvalue weighted by molar-refractivity contribution is 0.589. The molecule has 1 atom stereocenters. The van der Waals surface area contributed by atoms with E-state index in [1.165, 1.54) is 16.8 Å². The highest BCUT2D eigenvalue weighted by Gasteiger charge is 2.15. The van der Waals surface area contributed by atoms with Crippen molar-refractivity contribution in [3.8, 4) is 16.8 Å². The van der Waals surface area contributed by atoms with Crippen LogP contribution in [0, 0.1) is 0 Å². The molecule has 5 heteroatoms. The number of hydrogen-bond acceptors (Lipinski definition) is 4. The van der Waals surface area contributed by atoms with Crippen molar-refractivity contribution in [2.45, 2.75) is 13.0 Å². The van der Waals surface area contributed by atoms with Crippen LogP contribution < -0.4 is 16.0 Å². The van der Waals surface area contributed by atoms with Crippen LogP contribution in [0.2, 0.25) is 0 Å². The molecule has 5 nitrogen and oxygen atoms in total. The molecule has 1 aliphatic heterocycles. The quantitative estimate of drug-likeness (QED) is 0.544. The fourth-order valence-electron chi connectivity index (χ4n) is 4.24. The Kier molecular flexibility index (Phi) is 4.99. The van der Waals surface area contributed by atoms with E-state index in [0.29, 0.717) is 0 Å². The molecule has 152 valence electrons. The molecule has 1 unspecified atom stereocenters. The van der Waals surface area contributed by atoms with Crippen molar-refractivity contribution in [2.24, 2.45) is 5.73 Å². The van der Waals surface area contributed by atoms with E-state index in [1.807, 2.05) is 13.3 Å². The van der Waals surface area contributed by atoms with Crippen LogP contribution >= 0.6 is 0 Å². The van der Waals surface area contributed by atoms with Gasteiger partial charge in [0.1, 0.15) is 6.33 Å². The minimum absolute atomic E-state index is 0.00404. The molecular formula is C25H27N5. The van der Waals surface area contributed by atoms with Crippen LogP contribution in [0.5, 0.6) is 0 Å². The van der Waals surface area contributed by atoms with E-state index in [0.717, 1.165) is 48.5 Å². The van der Waals surface area contributed by atoms with Crippen molar-refractivity contribution in [1.82, 2.24) is 14.9 Å². The zero-order valence-corrected chi connectivity index (χ0v) is 17.3. The van der Waals surface area contributed by atoms with Gasteiger partial charge in [0.15, 0.2) is 0 Å². The molecule has 0 bridgehead atoms. The van der Waals surface area contributed by atoms with Gasteiger partial charge in [-0.05, 0) is 48.4 Å². The number of nitrogens with two attached hydrogens (primary N) is 1. The van der Waals surface area contributed by atoms with Crippen molar-refractivity contribution >= 4 is 16.7 Å². The van der Waals surface area contributed by atoms with Crippen molar-refractivity contribution in [3.63, 3.8) is 0 Å². The van der Waals surface area contributed by atoms with Crippen molar-refractivity contribution < 1.29 is 0 Å². The van der Waals surface area contributed by atoms with Crippen LogP contribution in [0.1, 0.15) is 18.5 Å². The topological polar surface area (TPSA) is 59.1 Å². The average molecular weight is 398 g/mol. The summed E-state index contributed by atoms with van der Waals surface area (Å²) in [6.07, 6.45) is 1.90. The van der Waals surface area contributed by atoms with Gasteiger partial charge in [-0.1, -0.05) is 36.4 Å². The summed E-state index contributed by atoms with van der Waals surface area (Å²) >= 11 is 0. The van der Waals surface area contributed by atoms with E-state index in [1.54, 1.807) is 0 Å². The summed E-state index contributed by atoms with van der Waals surface area (Å²) in [6.45, 7) is 6.12. The minimum atomic E-state index is 0.00404. The van der Waals surface area contributed by atoms with Gasteiger partial charge in [-0.3, -0.25) is 4.57 Å². The lowest BCUT2D eigenvalue weighted by Gasteiger charge is -2.31. The maximum Gasteiger partial charge on any atom is 0.100 e. The summed E-state index contributed by atoms with van der Waals surface area (Å²) in [5.74, 6) is 0. The normalized spacial score (nSPS) is 15.5. The number of benzene rings is 3. The fraction of sp³-hybridized carbons (Fsp3) is 0.240. The van der Waals surface area contributed by atoms with E-state index in [9.17, 15) is 0 Å². The van der Waals surface area contributed by atoms with Crippen LogP contribution in [0.3, 0.4) is 0 Å². The molecule has 1 saturated heterocycles. The van der Waals surface area contributed by atoms with Gasteiger partial charge in [-0.15, -0.1) is 0 Å². The number of hydrogen-bond donors (Lipinski definition) is 2. The molecule has 0 radical (unpaired) electrons. The monoisotopic (exact) mass is 397 g/mol. The second-order valence-corrected chi connectivity index (χ2v) is 7.96. The molecule has 0 spiro atoms. The lowest BCUT2D eigenvalue weighted by Crippen LogP contribution is -2.43. The van der Waals surface area contributed by atoms with Gasteiger partial charge in [0.2, 0.25) is 0 Å². The van der Waals surface area contributed by atoms with E-state index in [-0.39, 0.29) is 6.04 Å². The predicted molar refractivity (Wildman–Crippen MR) is 124 cm³/mol. The number of piperazine rings is 1. The molecule has 5 rings (SSSR count). The van der Waals surface area contributed by atoms with Crippen molar-refractivity contribution in [2.75, 3.05) is 31.1 Å². The molecule has 4 aromatic rings.